The first-order valence-corrected chi connectivity index (χ1v) is 6.59. The molecule has 0 saturated heterocycles. The highest BCUT2D eigenvalue weighted by molar-refractivity contribution is 5.17. The van der Waals surface area contributed by atoms with Crippen LogP contribution in [0.1, 0.15) is 38.2 Å². The van der Waals surface area contributed by atoms with Gasteiger partial charge >= 0.3 is 0 Å². The van der Waals surface area contributed by atoms with Gasteiger partial charge in [-0.1, -0.05) is 43.7 Å². The van der Waals surface area contributed by atoms with E-state index in [0.717, 1.165) is 6.54 Å². The lowest BCUT2D eigenvalue weighted by Gasteiger charge is -2.42. The maximum Gasteiger partial charge on any atom is 0.00110 e. The van der Waals surface area contributed by atoms with Crippen molar-refractivity contribution in [1.29, 1.82) is 0 Å². The predicted molar refractivity (Wildman–Crippen MR) is 69.6 cm³/mol. The Balaban J connectivity index is 1.89. The SMILES string of the molecule is CCCNCC1(Cc2ccccc2)CCC1. The lowest BCUT2D eigenvalue weighted by atomic mass is 9.65. The molecule has 0 aromatic heterocycles. The van der Waals surface area contributed by atoms with Crippen molar-refractivity contribution in [2.45, 2.75) is 39.0 Å². The Labute approximate surface area is 99.3 Å². The molecule has 0 heterocycles. The van der Waals surface area contributed by atoms with Crippen LogP contribution in [-0.2, 0) is 6.42 Å². The molecule has 0 aliphatic heterocycles. The average Bonchev–Trinajstić information content (AvgIpc) is 2.27. The fourth-order valence-corrected chi connectivity index (χ4v) is 2.65. The molecule has 1 aromatic carbocycles. The second-order valence-corrected chi connectivity index (χ2v) is 5.19. The summed E-state index contributed by atoms with van der Waals surface area (Å²) in [6, 6.07) is 10.9. The number of hydrogen-bond donors (Lipinski definition) is 1. The molecule has 1 aliphatic carbocycles. The van der Waals surface area contributed by atoms with Crippen molar-refractivity contribution in [1.82, 2.24) is 5.32 Å². The van der Waals surface area contributed by atoms with Gasteiger partial charge in [-0.15, -0.1) is 0 Å². The second-order valence-electron chi connectivity index (χ2n) is 5.19. The molecule has 1 saturated carbocycles. The Kier molecular flexibility index (Phi) is 4.00. The fraction of sp³-hybridized carbons (Fsp3) is 0.600. The van der Waals surface area contributed by atoms with E-state index in [9.17, 15) is 0 Å². The van der Waals surface area contributed by atoms with Crippen molar-refractivity contribution in [3.63, 3.8) is 0 Å². The van der Waals surface area contributed by atoms with Crippen LogP contribution >= 0.6 is 0 Å². The molecular formula is C15H23N. The molecule has 0 atom stereocenters. The van der Waals surface area contributed by atoms with E-state index in [1.54, 1.807) is 0 Å². The summed E-state index contributed by atoms with van der Waals surface area (Å²) in [5.74, 6) is 0. The van der Waals surface area contributed by atoms with Gasteiger partial charge in [0.15, 0.2) is 0 Å². The Hall–Kier alpha value is -0.820. The third kappa shape index (κ3) is 2.85. The lowest BCUT2D eigenvalue weighted by molar-refractivity contribution is 0.130. The zero-order valence-corrected chi connectivity index (χ0v) is 10.3. The van der Waals surface area contributed by atoms with Gasteiger partial charge in [-0.2, -0.15) is 0 Å². The van der Waals surface area contributed by atoms with Crippen molar-refractivity contribution < 1.29 is 0 Å². The number of hydrogen-bond acceptors (Lipinski definition) is 1. The van der Waals surface area contributed by atoms with Gasteiger partial charge < -0.3 is 5.32 Å². The molecule has 0 spiro atoms. The Morgan fingerprint density at radius 2 is 1.94 bits per heavy atom. The molecule has 1 heteroatoms. The third-order valence-electron chi connectivity index (χ3n) is 3.76. The largest absolute Gasteiger partial charge is 0.316 e. The van der Waals surface area contributed by atoms with Crippen LogP contribution in [0.15, 0.2) is 30.3 Å². The van der Waals surface area contributed by atoms with Gasteiger partial charge in [0.1, 0.15) is 0 Å². The average molecular weight is 217 g/mol. The van der Waals surface area contributed by atoms with Crippen LogP contribution in [0.4, 0.5) is 0 Å². The predicted octanol–water partition coefficient (Wildman–Crippen LogP) is 3.40. The van der Waals surface area contributed by atoms with E-state index in [1.807, 2.05) is 0 Å². The molecule has 1 nitrogen and oxygen atoms in total. The van der Waals surface area contributed by atoms with E-state index in [4.69, 9.17) is 0 Å². The van der Waals surface area contributed by atoms with E-state index >= 15 is 0 Å². The van der Waals surface area contributed by atoms with Crippen LogP contribution in [0.5, 0.6) is 0 Å². The van der Waals surface area contributed by atoms with Gasteiger partial charge in [0.2, 0.25) is 0 Å². The second kappa shape index (κ2) is 5.49. The van der Waals surface area contributed by atoms with Crippen molar-refractivity contribution in [3.8, 4) is 0 Å². The molecule has 1 fully saturated rings. The quantitative estimate of drug-likeness (QED) is 0.720. The summed E-state index contributed by atoms with van der Waals surface area (Å²) in [5.41, 5.74) is 2.07. The zero-order chi connectivity index (χ0) is 11.3. The summed E-state index contributed by atoms with van der Waals surface area (Å²) in [5, 5.41) is 3.60. The molecule has 1 N–H and O–H groups in total. The molecule has 0 bridgehead atoms. The van der Waals surface area contributed by atoms with Gasteiger partial charge in [-0.25, -0.2) is 0 Å². The monoisotopic (exact) mass is 217 g/mol. The van der Waals surface area contributed by atoms with Gasteiger partial charge in [0, 0.05) is 6.54 Å². The smallest absolute Gasteiger partial charge is 0.00110 e. The minimum absolute atomic E-state index is 0.566. The van der Waals surface area contributed by atoms with Gasteiger partial charge in [0.25, 0.3) is 0 Å². The highest BCUT2D eigenvalue weighted by Gasteiger charge is 2.36. The van der Waals surface area contributed by atoms with E-state index in [-0.39, 0.29) is 0 Å². The minimum atomic E-state index is 0.566. The minimum Gasteiger partial charge on any atom is -0.316 e. The highest BCUT2D eigenvalue weighted by Crippen LogP contribution is 2.43. The summed E-state index contributed by atoms with van der Waals surface area (Å²) in [6.45, 7) is 4.60. The summed E-state index contributed by atoms with van der Waals surface area (Å²) in [7, 11) is 0. The Morgan fingerprint density at radius 3 is 2.50 bits per heavy atom. The Morgan fingerprint density at radius 1 is 1.19 bits per heavy atom. The van der Waals surface area contributed by atoms with Gasteiger partial charge in [-0.3, -0.25) is 0 Å². The molecular weight excluding hydrogens is 194 g/mol. The first-order chi connectivity index (χ1) is 7.85. The summed E-state index contributed by atoms with van der Waals surface area (Å²) >= 11 is 0. The number of benzene rings is 1. The van der Waals surface area contributed by atoms with Crippen LogP contribution in [-0.4, -0.2) is 13.1 Å². The van der Waals surface area contributed by atoms with E-state index in [0.29, 0.717) is 5.41 Å². The molecule has 0 unspecified atom stereocenters. The normalized spacial score (nSPS) is 18.1. The molecule has 0 radical (unpaired) electrons. The maximum atomic E-state index is 3.60. The van der Waals surface area contributed by atoms with E-state index in [1.165, 1.54) is 44.2 Å². The van der Waals surface area contributed by atoms with Crippen molar-refractivity contribution >= 4 is 0 Å². The Bertz CT molecular complexity index is 300. The molecule has 16 heavy (non-hydrogen) atoms. The zero-order valence-electron chi connectivity index (χ0n) is 10.3. The molecule has 88 valence electrons. The first kappa shape index (κ1) is 11.7. The molecule has 1 aromatic rings. The number of nitrogens with one attached hydrogen (secondary N) is 1. The molecule has 1 aliphatic rings. The summed E-state index contributed by atoms with van der Waals surface area (Å²) < 4.78 is 0. The topological polar surface area (TPSA) is 12.0 Å². The van der Waals surface area contributed by atoms with E-state index in [2.05, 4.69) is 42.6 Å². The maximum absolute atomic E-state index is 3.60. The van der Waals surface area contributed by atoms with Crippen molar-refractivity contribution in [2.24, 2.45) is 5.41 Å². The van der Waals surface area contributed by atoms with Crippen LogP contribution < -0.4 is 5.32 Å². The van der Waals surface area contributed by atoms with Crippen LogP contribution in [0.2, 0.25) is 0 Å². The lowest BCUT2D eigenvalue weighted by Crippen LogP contribution is -2.41. The van der Waals surface area contributed by atoms with Gasteiger partial charge in [-0.05, 0) is 43.2 Å². The molecule has 0 amide bonds. The summed E-state index contributed by atoms with van der Waals surface area (Å²) in [4.78, 5) is 0. The van der Waals surface area contributed by atoms with Crippen molar-refractivity contribution in [3.05, 3.63) is 35.9 Å². The standard InChI is InChI=1S/C15H23N/c1-2-11-16-13-15(9-6-10-15)12-14-7-4-3-5-8-14/h3-5,7-8,16H,2,6,9-13H2,1H3. The fourth-order valence-electron chi connectivity index (χ4n) is 2.65. The number of rotatable bonds is 6. The summed E-state index contributed by atoms with van der Waals surface area (Å²) in [6.07, 6.45) is 6.71. The molecule has 2 rings (SSSR count). The van der Waals surface area contributed by atoms with Crippen molar-refractivity contribution in [2.75, 3.05) is 13.1 Å². The van der Waals surface area contributed by atoms with Crippen LogP contribution in [0, 0.1) is 5.41 Å². The van der Waals surface area contributed by atoms with Gasteiger partial charge in [0.05, 0.1) is 0 Å². The van der Waals surface area contributed by atoms with Crippen LogP contribution in [0.3, 0.4) is 0 Å². The third-order valence-corrected chi connectivity index (χ3v) is 3.76. The highest BCUT2D eigenvalue weighted by atomic mass is 14.9. The first-order valence-electron chi connectivity index (χ1n) is 6.59. The van der Waals surface area contributed by atoms with E-state index < -0.39 is 0 Å². The van der Waals surface area contributed by atoms with Crippen LogP contribution in [0.25, 0.3) is 0 Å².